The summed E-state index contributed by atoms with van der Waals surface area (Å²) >= 11 is 0. The van der Waals surface area contributed by atoms with Crippen LogP contribution in [0.1, 0.15) is 5.69 Å². The van der Waals surface area contributed by atoms with Crippen molar-refractivity contribution in [3.63, 3.8) is 0 Å². The minimum Gasteiger partial charge on any atom is -0.379 e. The molecule has 1 fully saturated rings. The minimum absolute atomic E-state index is 0.0791. The third kappa shape index (κ3) is 2.86. The fourth-order valence-corrected chi connectivity index (χ4v) is 3.98. The molecule has 2 aromatic carbocycles. The maximum Gasteiger partial charge on any atom is 0.197 e. The van der Waals surface area contributed by atoms with E-state index in [1.807, 2.05) is 40.9 Å². The van der Waals surface area contributed by atoms with Crippen LogP contribution in [0.5, 0.6) is 0 Å². The van der Waals surface area contributed by atoms with Crippen molar-refractivity contribution in [3.8, 4) is 0 Å². The molecular weight excluding hydrogens is 340 g/mol. The summed E-state index contributed by atoms with van der Waals surface area (Å²) in [6, 6.07) is 13.6. The van der Waals surface area contributed by atoms with Gasteiger partial charge in [0.15, 0.2) is 5.43 Å². The van der Waals surface area contributed by atoms with Crippen LogP contribution in [0, 0.1) is 0 Å². The summed E-state index contributed by atoms with van der Waals surface area (Å²) in [5.41, 5.74) is 2.85. The summed E-state index contributed by atoms with van der Waals surface area (Å²) in [5.74, 6) is 0. The standard InChI is InChI=1S/C21H22N4O2/c26-21-16-4-1-2-7-19(16)25-20-15(5-3-6-17(20)21)18(23-25)14-22-8-9-24-10-12-27-13-11-24/h1-7,22H,8-14H2. The number of pyridine rings is 1. The highest BCUT2D eigenvalue weighted by molar-refractivity contribution is 6.03. The number of aromatic nitrogens is 2. The lowest BCUT2D eigenvalue weighted by molar-refractivity contribution is 0.0384. The van der Waals surface area contributed by atoms with E-state index < -0.39 is 0 Å². The van der Waals surface area contributed by atoms with Gasteiger partial charge in [-0.1, -0.05) is 24.3 Å². The van der Waals surface area contributed by atoms with Crippen LogP contribution in [0.2, 0.25) is 0 Å². The average Bonchev–Trinajstić information content (AvgIpc) is 3.10. The number of benzene rings is 2. The molecule has 0 aliphatic carbocycles. The van der Waals surface area contributed by atoms with Crippen LogP contribution < -0.4 is 10.7 Å². The predicted molar refractivity (Wildman–Crippen MR) is 107 cm³/mol. The second-order valence-corrected chi connectivity index (χ2v) is 7.04. The van der Waals surface area contributed by atoms with Gasteiger partial charge in [-0.15, -0.1) is 0 Å². The van der Waals surface area contributed by atoms with Crippen LogP contribution in [0.15, 0.2) is 47.3 Å². The quantitative estimate of drug-likeness (QED) is 0.434. The first-order valence-corrected chi connectivity index (χ1v) is 9.48. The van der Waals surface area contributed by atoms with E-state index in [9.17, 15) is 4.79 Å². The van der Waals surface area contributed by atoms with Gasteiger partial charge in [0, 0.05) is 48.9 Å². The summed E-state index contributed by atoms with van der Waals surface area (Å²) in [6.45, 7) is 6.26. The molecule has 0 radical (unpaired) electrons. The molecule has 1 N–H and O–H groups in total. The van der Waals surface area contributed by atoms with E-state index in [4.69, 9.17) is 9.84 Å². The Morgan fingerprint density at radius 3 is 2.67 bits per heavy atom. The molecule has 138 valence electrons. The zero-order valence-electron chi connectivity index (χ0n) is 15.1. The molecule has 0 bridgehead atoms. The van der Waals surface area contributed by atoms with Crippen molar-refractivity contribution in [3.05, 3.63) is 58.4 Å². The number of hydrogen-bond acceptors (Lipinski definition) is 5. The molecule has 1 aliphatic heterocycles. The van der Waals surface area contributed by atoms with Crippen LogP contribution in [0.3, 0.4) is 0 Å². The molecular formula is C21H22N4O2. The summed E-state index contributed by atoms with van der Waals surface area (Å²) < 4.78 is 7.32. The Balaban J connectivity index is 1.46. The summed E-state index contributed by atoms with van der Waals surface area (Å²) in [5, 5.41) is 10.9. The Morgan fingerprint density at radius 1 is 1.00 bits per heavy atom. The summed E-state index contributed by atoms with van der Waals surface area (Å²) in [4.78, 5) is 15.3. The molecule has 0 atom stereocenters. The van der Waals surface area contributed by atoms with Crippen LogP contribution >= 0.6 is 0 Å². The Labute approximate surface area is 156 Å². The average molecular weight is 362 g/mol. The zero-order chi connectivity index (χ0) is 18.2. The monoisotopic (exact) mass is 362 g/mol. The van der Waals surface area contributed by atoms with Gasteiger partial charge in [0.25, 0.3) is 0 Å². The van der Waals surface area contributed by atoms with Crippen molar-refractivity contribution in [2.75, 3.05) is 39.4 Å². The molecule has 1 saturated heterocycles. The third-order valence-corrected chi connectivity index (χ3v) is 5.40. The molecule has 2 aromatic heterocycles. The van der Waals surface area contributed by atoms with Crippen LogP contribution in [0.25, 0.3) is 27.2 Å². The molecule has 1 aliphatic rings. The normalized spacial score (nSPS) is 16.0. The first kappa shape index (κ1) is 16.6. The number of nitrogens with zero attached hydrogens (tertiary/aromatic N) is 3. The third-order valence-electron chi connectivity index (χ3n) is 5.40. The van der Waals surface area contributed by atoms with E-state index >= 15 is 0 Å². The predicted octanol–water partition coefficient (Wildman–Crippen LogP) is 1.86. The van der Waals surface area contributed by atoms with Crippen molar-refractivity contribution in [1.29, 1.82) is 0 Å². The molecule has 0 amide bonds. The highest BCUT2D eigenvalue weighted by atomic mass is 16.5. The molecule has 6 nitrogen and oxygen atoms in total. The molecule has 27 heavy (non-hydrogen) atoms. The number of rotatable bonds is 5. The Hall–Kier alpha value is -2.54. The first-order chi connectivity index (χ1) is 13.3. The SMILES string of the molecule is O=c1c2ccccc2n2nc(CNCCN3CCOCC3)c3cccc1c32. The van der Waals surface area contributed by atoms with Crippen molar-refractivity contribution in [1.82, 2.24) is 19.8 Å². The lowest BCUT2D eigenvalue weighted by Crippen LogP contribution is -2.40. The molecule has 3 heterocycles. The van der Waals surface area contributed by atoms with Gasteiger partial charge in [0.05, 0.1) is 29.9 Å². The van der Waals surface area contributed by atoms with E-state index in [1.54, 1.807) is 0 Å². The number of morpholine rings is 1. The lowest BCUT2D eigenvalue weighted by Gasteiger charge is -2.26. The molecule has 0 spiro atoms. The van der Waals surface area contributed by atoms with E-state index in [0.29, 0.717) is 11.9 Å². The van der Waals surface area contributed by atoms with Crippen molar-refractivity contribution in [2.24, 2.45) is 0 Å². The lowest BCUT2D eigenvalue weighted by atomic mass is 10.1. The number of para-hydroxylation sites is 2. The van der Waals surface area contributed by atoms with E-state index in [0.717, 1.165) is 66.9 Å². The van der Waals surface area contributed by atoms with Crippen LogP contribution in [-0.4, -0.2) is 53.9 Å². The van der Waals surface area contributed by atoms with Gasteiger partial charge in [-0.25, -0.2) is 4.52 Å². The van der Waals surface area contributed by atoms with Crippen LogP contribution in [-0.2, 0) is 11.3 Å². The fraction of sp³-hybridized carbons (Fsp3) is 0.333. The number of ether oxygens (including phenoxy) is 1. The maximum absolute atomic E-state index is 12.9. The van der Waals surface area contributed by atoms with Gasteiger partial charge in [0.2, 0.25) is 0 Å². The van der Waals surface area contributed by atoms with Gasteiger partial charge in [0.1, 0.15) is 0 Å². The van der Waals surface area contributed by atoms with Crippen molar-refractivity contribution >= 4 is 27.2 Å². The molecule has 4 aromatic rings. The van der Waals surface area contributed by atoms with E-state index in [2.05, 4.69) is 16.3 Å². The van der Waals surface area contributed by atoms with E-state index in [-0.39, 0.29) is 5.43 Å². The van der Waals surface area contributed by atoms with E-state index in [1.165, 1.54) is 0 Å². The summed E-state index contributed by atoms with van der Waals surface area (Å²) in [7, 11) is 0. The Morgan fingerprint density at radius 2 is 1.78 bits per heavy atom. The van der Waals surface area contributed by atoms with Gasteiger partial charge < -0.3 is 10.1 Å². The smallest absolute Gasteiger partial charge is 0.197 e. The summed E-state index contributed by atoms with van der Waals surface area (Å²) in [6.07, 6.45) is 0. The zero-order valence-corrected chi connectivity index (χ0v) is 15.1. The topological polar surface area (TPSA) is 58.9 Å². The second kappa shape index (κ2) is 6.88. The minimum atomic E-state index is 0.0791. The number of nitrogens with one attached hydrogen (secondary N) is 1. The Bertz CT molecular complexity index is 1150. The maximum atomic E-state index is 12.9. The number of fused-ring (bicyclic) bond motifs is 2. The largest absolute Gasteiger partial charge is 0.379 e. The Kier molecular flexibility index (Phi) is 4.24. The molecule has 6 heteroatoms. The highest BCUT2D eigenvalue weighted by Gasteiger charge is 2.16. The van der Waals surface area contributed by atoms with Crippen LogP contribution in [0.4, 0.5) is 0 Å². The van der Waals surface area contributed by atoms with Gasteiger partial charge in [-0.05, 0) is 18.2 Å². The van der Waals surface area contributed by atoms with Crippen molar-refractivity contribution in [2.45, 2.75) is 6.54 Å². The van der Waals surface area contributed by atoms with Gasteiger partial charge >= 0.3 is 0 Å². The van der Waals surface area contributed by atoms with Gasteiger partial charge in [-0.2, -0.15) is 5.10 Å². The highest BCUT2D eigenvalue weighted by Crippen LogP contribution is 2.25. The van der Waals surface area contributed by atoms with Gasteiger partial charge in [-0.3, -0.25) is 9.69 Å². The molecule has 0 saturated carbocycles. The number of hydrogen-bond donors (Lipinski definition) is 1. The molecule has 5 rings (SSSR count). The fourth-order valence-electron chi connectivity index (χ4n) is 3.98. The van der Waals surface area contributed by atoms with Crippen molar-refractivity contribution < 1.29 is 4.74 Å². The first-order valence-electron chi connectivity index (χ1n) is 9.48. The molecule has 0 unspecified atom stereocenters. The second-order valence-electron chi connectivity index (χ2n) is 7.04.